The highest BCUT2D eigenvalue weighted by Crippen LogP contribution is 2.19. The Labute approximate surface area is 156 Å². The molecule has 3 nitrogen and oxygen atoms in total. The fraction of sp³-hybridized carbons (Fsp3) is 0.476. The molecule has 0 amide bonds. The van der Waals surface area contributed by atoms with Gasteiger partial charge in [-0.1, -0.05) is 25.1 Å². The molecule has 1 fully saturated rings. The Morgan fingerprint density at radius 2 is 1.64 bits per heavy atom. The van der Waals surface area contributed by atoms with Crippen LogP contribution in [0.4, 0.5) is 0 Å². The Bertz CT molecular complexity index is 656. The minimum Gasteiger partial charge on any atom is -0.298 e. The summed E-state index contributed by atoms with van der Waals surface area (Å²) in [5, 5.41) is 0. The first-order valence-corrected chi connectivity index (χ1v) is 10.3. The van der Waals surface area contributed by atoms with Crippen molar-refractivity contribution in [2.75, 3.05) is 31.9 Å². The van der Waals surface area contributed by atoms with Crippen molar-refractivity contribution in [3.05, 3.63) is 59.4 Å². The third kappa shape index (κ3) is 5.84. The van der Waals surface area contributed by atoms with E-state index in [9.17, 15) is 0 Å². The molecule has 3 rings (SSSR count). The van der Waals surface area contributed by atoms with E-state index >= 15 is 0 Å². The summed E-state index contributed by atoms with van der Waals surface area (Å²) in [4.78, 5) is 11.2. The molecule has 1 aliphatic rings. The number of rotatable bonds is 6. The second-order valence-corrected chi connectivity index (χ2v) is 8.09. The number of thioether (sulfide) groups is 1. The fourth-order valence-corrected chi connectivity index (χ4v) is 4.04. The lowest BCUT2D eigenvalue weighted by atomic mass is 10.2. The molecule has 2 heterocycles. The Morgan fingerprint density at radius 1 is 0.920 bits per heavy atom. The number of hydrogen-bond acceptors (Lipinski definition) is 4. The second kappa shape index (κ2) is 9.37. The summed E-state index contributed by atoms with van der Waals surface area (Å²) in [5.74, 6) is 1.14. The number of nitrogens with zero attached hydrogens (tertiary/aromatic N) is 3. The molecule has 0 aliphatic carbocycles. The lowest BCUT2D eigenvalue weighted by Crippen LogP contribution is -2.30. The van der Waals surface area contributed by atoms with Gasteiger partial charge in [0.05, 0.1) is 5.69 Å². The minimum absolute atomic E-state index is 0.971. The zero-order valence-corrected chi connectivity index (χ0v) is 16.3. The monoisotopic (exact) mass is 355 g/mol. The fourth-order valence-electron chi connectivity index (χ4n) is 3.37. The van der Waals surface area contributed by atoms with E-state index in [-0.39, 0.29) is 0 Å². The van der Waals surface area contributed by atoms with Crippen LogP contribution in [0.1, 0.15) is 30.3 Å². The van der Waals surface area contributed by atoms with Gasteiger partial charge in [-0.05, 0) is 62.0 Å². The maximum Gasteiger partial charge on any atom is 0.0547 e. The highest BCUT2D eigenvalue weighted by molar-refractivity contribution is 7.99. The predicted octanol–water partition coefficient (Wildman–Crippen LogP) is 4.21. The number of aryl methyl sites for hydroxylation is 1. The quantitative estimate of drug-likeness (QED) is 0.723. The summed E-state index contributed by atoms with van der Waals surface area (Å²) < 4.78 is 0. The molecule has 134 valence electrons. The van der Waals surface area contributed by atoms with Crippen LogP contribution in [0.2, 0.25) is 0 Å². The van der Waals surface area contributed by atoms with Crippen molar-refractivity contribution in [1.29, 1.82) is 0 Å². The summed E-state index contributed by atoms with van der Waals surface area (Å²) in [6.07, 6.45) is 1.23. The number of hydrogen-bond donors (Lipinski definition) is 0. The molecule has 25 heavy (non-hydrogen) atoms. The molecule has 1 aromatic carbocycles. The molecule has 4 heteroatoms. The summed E-state index contributed by atoms with van der Waals surface area (Å²) in [5.41, 5.74) is 3.73. The van der Waals surface area contributed by atoms with Crippen LogP contribution in [0.5, 0.6) is 0 Å². The van der Waals surface area contributed by atoms with Crippen molar-refractivity contribution >= 4 is 11.8 Å². The minimum atomic E-state index is 0.971. The second-order valence-electron chi connectivity index (χ2n) is 6.75. The molecular formula is C21H29N3S. The van der Waals surface area contributed by atoms with Gasteiger partial charge in [-0.25, -0.2) is 0 Å². The Hall–Kier alpha value is -1.36. The van der Waals surface area contributed by atoms with Crippen LogP contribution >= 0.6 is 11.8 Å². The molecule has 0 spiro atoms. The summed E-state index contributed by atoms with van der Waals surface area (Å²) >= 11 is 1.91. The van der Waals surface area contributed by atoms with Crippen LogP contribution in [0, 0.1) is 6.92 Å². The first kappa shape index (κ1) is 18.4. The summed E-state index contributed by atoms with van der Waals surface area (Å²) in [6, 6.07) is 15.4. The van der Waals surface area contributed by atoms with E-state index < -0.39 is 0 Å². The third-order valence-electron chi connectivity index (χ3n) is 4.65. The van der Waals surface area contributed by atoms with Crippen molar-refractivity contribution < 1.29 is 0 Å². The highest BCUT2D eigenvalue weighted by atomic mass is 32.2. The molecule has 2 aromatic rings. The molecule has 0 radical (unpaired) electrons. The van der Waals surface area contributed by atoms with E-state index in [0.29, 0.717) is 0 Å². The van der Waals surface area contributed by atoms with Gasteiger partial charge in [0.1, 0.15) is 0 Å². The number of benzene rings is 1. The molecule has 1 aliphatic heterocycles. The van der Waals surface area contributed by atoms with Gasteiger partial charge in [0.25, 0.3) is 0 Å². The molecule has 1 saturated heterocycles. The zero-order valence-electron chi connectivity index (χ0n) is 15.4. The number of aromatic nitrogens is 1. The third-order valence-corrected chi connectivity index (χ3v) is 5.55. The van der Waals surface area contributed by atoms with E-state index in [0.717, 1.165) is 44.2 Å². The molecule has 0 N–H and O–H groups in total. The van der Waals surface area contributed by atoms with Gasteiger partial charge in [0.2, 0.25) is 0 Å². The smallest absolute Gasteiger partial charge is 0.0547 e. The van der Waals surface area contributed by atoms with Crippen LogP contribution in [-0.2, 0) is 13.1 Å². The van der Waals surface area contributed by atoms with Crippen molar-refractivity contribution in [2.45, 2.75) is 38.3 Å². The van der Waals surface area contributed by atoms with Gasteiger partial charge in [-0.3, -0.25) is 14.8 Å². The lowest BCUT2D eigenvalue weighted by molar-refractivity contribution is 0.245. The van der Waals surface area contributed by atoms with Gasteiger partial charge in [0.15, 0.2) is 0 Å². The molecule has 0 bridgehead atoms. The average molecular weight is 356 g/mol. The maximum atomic E-state index is 4.65. The molecule has 0 saturated carbocycles. The molecular weight excluding hydrogens is 326 g/mol. The van der Waals surface area contributed by atoms with Crippen LogP contribution in [0.25, 0.3) is 0 Å². The van der Waals surface area contributed by atoms with Crippen LogP contribution in [-0.4, -0.2) is 46.7 Å². The van der Waals surface area contributed by atoms with Gasteiger partial charge in [-0.15, -0.1) is 11.8 Å². The lowest BCUT2D eigenvalue weighted by Gasteiger charge is -2.22. The molecule has 0 atom stereocenters. The van der Waals surface area contributed by atoms with Crippen molar-refractivity contribution in [1.82, 2.24) is 14.8 Å². The molecule has 0 unspecified atom stereocenters. The first-order valence-electron chi connectivity index (χ1n) is 9.32. The van der Waals surface area contributed by atoms with E-state index in [2.05, 4.69) is 71.1 Å². The van der Waals surface area contributed by atoms with Crippen LogP contribution in [0.15, 0.2) is 47.4 Å². The van der Waals surface area contributed by atoms with E-state index in [1.165, 1.54) is 29.1 Å². The van der Waals surface area contributed by atoms with Gasteiger partial charge < -0.3 is 0 Å². The summed E-state index contributed by atoms with van der Waals surface area (Å²) in [6.45, 7) is 10.9. The SMILES string of the molecule is CCSc1ccc(CN2CCCN(Cc3cccc(C)n3)CC2)cc1. The average Bonchev–Trinajstić information content (AvgIpc) is 2.82. The predicted molar refractivity (Wildman–Crippen MR) is 107 cm³/mol. The normalized spacial score (nSPS) is 16.7. The van der Waals surface area contributed by atoms with E-state index in [1.54, 1.807) is 0 Å². The van der Waals surface area contributed by atoms with Crippen LogP contribution < -0.4 is 0 Å². The Morgan fingerprint density at radius 3 is 2.32 bits per heavy atom. The maximum absolute atomic E-state index is 4.65. The van der Waals surface area contributed by atoms with E-state index in [4.69, 9.17) is 0 Å². The van der Waals surface area contributed by atoms with Gasteiger partial charge >= 0.3 is 0 Å². The zero-order chi connectivity index (χ0) is 17.5. The summed E-state index contributed by atoms with van der Waals surface area (Å²) in [7, 11) is 0. The van der Waals surface area contributed by atoms with Crippen molar-refractivity contribution in [2.24, 2.45) is 0 Å². The highest BCUT2D eigenvalue weighted by Gasteiger charge is 2.15. The van der Waals surface area contributed by atoms with Gasteiger partial charge in [-0.2, -0.15) is 0 Å². The van der Waals surface area contributed by atoms with Crippen molar-refractivity contribution in [3.63, 3.8) is 0 Å². The number of pyridine rings is 1. The Balaban J connectivity index is 1.51. The molecule has 1 aromatic heterocycles. The Kier molecular flexibility index (Phi) is 6.91. The standard InChI is InChI=1S/C21H29N3S/c1-3-25-21-10-8-19(9-11-21)16-23-12-5-13-24(15-14-23)17-20-7-4-6-18(2)22-20/h4,6-11H,3,5,12-17H2,1-2H3. The van der Waals surface area contributed by atoms with Crippen molar-refractivity contribution in [3.8, 4) is 0 Å². The topological polar surface area (TPSA) is 19.4 Å². The first-order chi connectivity index (χ1) is 12.2. The van der Waals surface area contributed by atoms with Gasteiger partial charge in [0, 0.05) is 36.8 Å². The largest absolute Gasteiger partial charge is 0.298 e. The van der Waals surface area contributed by atoms with E-state index in [1.807, 2.05) is 11.8 Å². The van der Waals surface area contributed by atoms with Crippen LogP contribution in [0.3, 0.4) is 0 Å².